The Hall–Kier alpha value is -6.73. The summed E-state index contributed by atoms with van der Waals surface area (Å²) in [5.41, 5.74) is 15.6. The Balaban J connectivity index is 1.35. The minimum atomic E-state index is -1.59. The molecule has 0 aliphatic carbocycles. The van der Waals surface area contributed by atoms with Crippen LogP contribution in [0.3, 0.4) is 0 Å². The predicted octanol–water partition coefficient (Wildman–Crippen LogP) is 17.9. The van der Waals surface area contributed by atoms with E-state index in [0.717, 1.165) is 34.1 Å². The summed E-state index contributed by atoms with van der Waals surface area (Å²) in [5, 5.41) is 10.5. The minimum absolute atomic E-state index is 0.00111. The summed E-state index contributed by atoms with van der Waals surface area (Å²) in [6.07, 6.45) is 0. The molecule has 0 saturated carbocycles. The third kappa shape index (κ3) is 8.14. The van der Waals surface area contributed by atoms with Crippen LogP contribution in [0.4, 0.5) is 34.1 Å². The van der Waals surface area contributed by atoms with Gasteiger partial charge >= 0.3 is 0 Å². The van der Waals surface area contributed by atoms with Gasteiger partial charge in [0, 0.05) is 38.9 Å². The molecule has 0 aliphatic heterocycles. The molecule has 2 nitrogen and oxygen atoms in total. The monoisotopic (exact) mass is 916 g/mol. The quantitative estimate of drug-likeness (QED) is 0.0996. The highest BCUT2D eigenvalue weighted by Gasteiger charge is 2.28. The van der Waals surface area contributed by atoms with Gasteiger partial charge in [-0.3, -0.25) is 0 Å². The van der Waals surface area contributed by atoms with Gasteiger partial charge in [0.2, 0.25) is 0 Å². The van der Waals surface area contributed by atoms with Crippen molar-refractivity contribution in [2.45, 2.75) is 79.3 Å². The maximum Gasteiger partial charge on any atom is 0.0775 e. The molecule has 0 radical (unpaired) electrons. The molecular formula is C64H64N2Si2. The van der Waals surface area contributed by atoms with E-state index in [9.17, 15) is 0 Å². The molecule has 4 heteroatoms. The van der Waals surface area contributed by atoms with Gasteiger partial charge in [0.05, 0.1) is 27.5 Å². The van der Waals surface area contributed by atoms with Crippen LogP contribution in [-0.4, -0.2) is 16.1 Å². The molecule has 0 amide bonds. The Labute approximate surface area is 406 Å². The second kappa shape index (κ2) is 17.1. The normalized spacial score (nSPS) is 12.3. The van der Waals surface area contributed by atoms with Crippen molar-refractivity contribution in [1.82, 2.24) is 0 Å². The molecule has 0 fully saturated rings. The van der Waals surface area contributed by atoms with Crippen molar-refractivity contribution in [3.8, 4) is 22.3 Å². The van der Waals surface area contributed by atoms with Gasteiger partial charge in [-0.1, -0.05) is 216 Å². The van der Waals surface area contributed by atoms with Gasteiger partial charge in [0.25, 0.3) is 0 Å². The summed E-state index contributed by atoms with van der Waals surface area (Å²) in [5.74, 6) is 0. The molecule has 0 aromatic heterocycles. The second-order valence-corrected chi connectivity index (χ2v) is 32.1. The Morgan fingerprint density at radius 3 is 1.13 bits per heavy atom. The van der Waals surface area contributed by atoms with Gasteiger partial charge in [-0.25, -0.2) is 0 Å². The number of nitrogens with zero attached hydrogens (tertiary/aromatic N) is 2. The van der Waals surface area contributed by atoms with E-state index < -0.39 is 16.1 Å². The van der Waals surface area contributed by atoms with Crippen LogP contribution in [0, 0.1) is 13.8 Å². The number of benzene rings is 10. The Morgan fingerprint density at radius 1 is 0.368 bits per heavy atom. The third-order valence-electron chi connectivity index (χ3n) is 14.3. The Kier molecular flexibility index (Phi) is 11.3. The van der Waals surface area contributed by atoms with Gasteiger partial charge in [0.1, 0.15) is 0 Å². The highest BCUT2D eigenvalue weighted by molar-refractivity contribution is 6.89. The fourth-order valence-corrected chi connectivity index (χ4v) is 12.6. The van der Waals surface area contributed by atoms with Gasteiger partial charge in [-0.2, -0.15) is 0 Å². The van der Waals surface area contributed by atoms with Gasteiger partial charge in [-0.15, -0.1) is 0 Å². The standard InChI is InChI=1S/C64H64N2Si2/c1-43-54(45-20-14-12-15-21-45)24-18-26-58(43)65(50-30-34-52(35-31-50)67(6,7)8)60-42-61(57-39-29-48-41-49(64(3,4)5)40-47-28-38-56(60)63(57)62(47)48)66(51-32-36-53(37-33-51)68(9,10)11)59-27-19-25-55(44(59)2)46-22-16-13-17-23-46/h12-42H,1-11H3. The highest BCUT2D eigenvalue weighted by Crippen LogP contribution is 2.52. The van der Waals surface area contributed by atoms with Crippen LogP contribution in [-0.2, 0) is 5.41 Å². The molecule has 0 N–H and O–H groups in total. The Bertz CT molecular complexity index is 3230. The van der Waals surface area contributed by atoms with E-state index in [1.807, 2.05) is 0 Å². The molecule has 0 saturated heterocycles. The first-order valence-electron chi connectivity index (χ1n) is 24.3. The van der Waals surface area contributed by atoms with Crippen molar-refractivity contribution in [3.05, 3.63) is 205 Å². The van der Waals surface area contributed by atoms with Gasteiger partial charge in [-0.05, 0) is 117 Å². The van der Waals surface area contributed by atoms with E-state index in [0.29, 0.717) is 0 Å². The summed E-state index contributed by atoms with van der Waals surface area (Å²) < 4.78 is 0. The fraction of sp³-hybridized carbons (Fsp3) is 0.188. The van der Waals surface area contributed by atoms with E-state index in [2.05, 4.69) is 272 Å². The molecule has 0 heterocycles. The summed E-state index contributed by atoms with van der Waals surface area (Å²) >= 11 is 0. The topological polar surface area (TPSA) is 6.48 Å². The lowest BCUT2D eigenvalue weighted by molar-refractivity contribution is 0.591. The van der Waals surface area contributed by atoms with Crippen molar-refractivity contribution in [2.75, 3.05) is 9.80 Å². The van der Waals surface area contributed by atoms with Crippen LogP contribution in [0.1, 0.15) is 37.5 Å². The zero-order valence-electron chi connectivity index (χ0n) is 41.8. The van der Waals surface area contributed by atoms with Crippen molar-refractivity contribution in [3.63, 3.8) is 0 Å². The number of anilines is 6. The summed E-state index contributed by atoms with van der Waals surface area (Å²) in [6.45, 7) is 26.2. The number of rotatable bonds is 10. The lowest BCUT2D eigenvalue weighted by atomic mass is 9.83. The van der Waals surface area contributed by atoms with Gasteiger partial charge in [0.15, 0.2) is 0 Å². The zero-order chi connectivity index (χ0) is 47.7. The van der Waals surface area contributed by atoms with E-state index in [1.54, 1.807) is 0 Å². The van der Waals surface area contributed by atoms with Crippen LogP contribution in [0.2, 0.25) is 39.3 Å². The summed E-state index contributed by atoms with van der Waals surface area (Å²) in [6, 6.07) is 71.4. The predicted molar refractivity (Wildman–Crippen MR) is 305 cm³/mol. The van der Waals surface area contributed by atoms with Crippen LogP contribution in [0.5, 0.6) is 0 Å². The summed E-state index contributed by atoms with van der Waals surface area (Å²) in [7, 11) is -3.18. The van der Waals surface area contributed by atoms with Crippen LogP contribution >= 0.6 is 0 Å². The van der Waals surface area contributed by atoms with Crippen LogP contribution < -0.4 is 20.2 Å². The van der Waals surface area contributed by atoms with Crippen molar-refractivity contribution >= 4 is 93.0 Å². The maximum atomic E-state index is 2.56. The molecule has 68 heavy (non-hydrogen) atoms. The Morgan fingerprint density at radius 2 is 0.765 bits per heavy atom. The lowest BCUT2D eigenvalue weighted by Crippen LogP contribution is -2.37. The molecule has 0 atom stereocenters. The molecule has 0 spiro atoms. The van der Waals surface area contributed by atoms with Crippen molar-refractivity contribution in [1.29, 1.82) is 0 Å². The molecule has 10 rings (SSSR count). The van der Waals surface area contributed by atoms with Crippen molar-refractivity contribution in [2.24, 2.45) is 0 Å². The average molecular weight is 917 g/mol. The first-order valence-corrected chi connectivity index (χ1v) is 31.3. The second-order valence-electron chi connectivity index (χ2n) is 22.0. The molecule has 0 aliphatic rings. The van der Waals surface area contributed by atoms with E-state index in [4.69, 9.17) is 0 Å². The highest BCUT2D eigenvalue weighted by atomic mass is 28.3. The minimum Gasteiger partial charge on any atom is -0.310 e. The first-order chi connectivity index (χ1) is 32.5. The molecular weight excluding hydrogens is 853 g/mol. The molecule has 0 bridgehead atoms. The fourth-order valence-electron chi connectivity index (χ4n) is 10.3. The third-order valence-corrected chi connectivity index (χ3v) is 18.4. The molecule has 338 valence electrons. The van der Waals surface area contributed by atoms with Crippen LogP contribution in [0.15, 0.2) is 188 Å². The van der Waals surface area contributed by atoms with Crippen molar-refractivity contribution < 1.29 is 0 Å². The van der Waals surface area contributed by atoms with Gasteiger partial charge < -0.3 is 9.80 Å². The SMILES string of the molecule is Cc1c(-c2ccccc2)cccc1N(c1ccc([Si](C)(C)C)cc1)c1cc(N(c2ccc([Si](C)(C)C)cc2)c2cccc(-c3ccccc3)c2C)c2ccc3cc(C(C)(C)C)cc4ccc1c2c43. The molecule has 10 aromatic carbocycles. The lowest BCUT2D eigenvalue weighted by Gasteiger charge is -2.34. The molecule has 10 aromatic rings. The average Bonchev–Trinajstić information content (AvgIpc) is 3.32. The van der Waals surface area contributed by atoms with Crippen LogP contribution in [0.25, 0.3) is 54.6 Å². The van der Waals surface area contributed by atoms with E-state index in [-0.39, 0.29) is 5.41 Å². The van der Waals surface area contributed by atoms with E-state index in [1.165, 1.54) is 81.6 Å². The molecule has 0 unspecified atom stereocenters. The summed E-state index contributed by atoms with van der Waals surface area (Å²) in [4.78, 5) is 5.12. The first kappa shape index (κ1) is 45.1. The van der Waals surface area contributed by atoms with E-state index >= 15 is 0 Å². The number of hydrogen-bond acceptors (Lipinski definition) is 2. The smallest absolute Gasteiger partial charge is 0.0775 e. The maximum absolute atomic E-state index is 2.56. The zero-order valence-corrected chi connectivity index (χ0v) is 43.8. The largest absolute Gasteiger partial charge is 0.310 e. The number of hydrogen-bond donors (Lipinski definition) is 0.